The van der Waals surface area contributed by atoms with Gasteiger partial charge in [-0.25, -0.2) is 4.90 Å². The van der Waals surface area contributed by atoms with E-state index in [1.807, 2.05) is 0 Å². The lowest BCUT2D eigenvalue weighted by molar-refractivity contribution is -0.105. The van der Waals surface area contributed by atoms with E-state index in [-0.39, 0.29) is 11.8 Å². The summed E-state index contributed by atoms with van der Waals surface area (Å²) < 4.78 is 0. The van der Waals surface area contributed by atoms with E-state index >= 15 is 0 Å². The van der Waals surface area contributed by atoms with E-state index in [1.54, 1.807) is 48.5 Å². The normalized spacial score (nSPS) is 13.3. The number of carbonyl (C=O) groups excluding carboxylic acids is 3. The zero-order valence-electron chi connectivity index (χ0n) is 10.4. The van der Waals surface area contributed by atoms with Crippen LogP contribution in [-0.4, -0.2) is 18.2 Å². The second-order valence-electron chi connectivity index (χ2n) is 4.27. The van der Waals surface area contributed by atoms with Gasteiger partial charge in [-0.2, -0.15) is 0 Å². The molecule has 0 saturated heterocycles. The molecule has 0 aromatic heterocycles. The van der Waals surface area contributed by atoms with Crippen LogP contribution in [0.1, 0.15) is 20.7 Å². The van der Waals surface area contributed by atoms with Crippen LogP contribution in [0, 0.1) is 0 Å². The number of benzene rings is 2. The minimum Gasteiger partial charge on any atom is -0.327 e. The van der Waals surface area contributed by atoms with Crippen LogP contribution in [0.3, 0.4) is 0 Å². The Kier molecular flexibility index (Phi) is 2.80. The molecule has 5 heteroatoms. The van der Waals surface area contributed by atoms with Gasteiger partial charge in [0.05, 0.1) is 22.5 Å². The standard InChI is InChI=1S/C15H10N2O3/c18-9-16-12-7-3-4-8-13(12)17-14(19)10-5-1-2-6-11(10)15(17)20/h1-9H,(H,16,18). The highest BCUT2D eigenvalue weighted by atomic mass is 16.2. The van der Waals surface area contributed by atoms with Crippen molar-refractivity contribution in [3.63, 3.8) is 0 Å². The van der Waals surface area contributed by atoms with E-state index in [9.17, 15) is 14.4 Å². The van der Waals surface area contributed by atoms with Gasteiger partial charge in [-0.1, -0.05) is 24.3 Å². The van der Waals surface area contributed by atoms with Crippen molar-refractivity contribution in [1.29, 1.82) is 0 Å². The number of para-hydroxylation sites is 2. The van der Waals surface area contributed by atoms with E-state index in [0.29, 0.717) is 28.9 Å². The van der Waals surface area contributed by atoms with Crippen LogP contribution in [0.4, 0.5) is 11.4 Å². The second kappa shape index (κ2) is 4.62. The summed E-state index contributed by atoms with van der Waals surface area (Å²) in [5.74, 6) is -0.767. The fourth-order valence-corrected chi connectivity index (χ4v) is 2.26. The Morgan fingerprint density at radius 1 is 0.850 bits per heavy atom. The van der Waals surface area contributed by atoms with Gasteiger partial charge >= 0.3 is 0 Å². The van der Waals surface area contributed by atoms with E-state index < -0.39 is 0 Å². The van der Waals surface area contributed by atoms with Crippen LogP contribution in [0.15, 0.2) is 48.5 Å². The SMILES string of the molecule is O=CNc1ccccc1N1C(=O)c2ccccc2C1=O. The van der Waals surface area contributed by atoms with Gasteiger partial charge in [-0.15, -0.1) is 0 Å². The number of nitrogens with zero attached hydrogens (tertiary/aromatic N) is 1. The Hall–Kier alpha value is -2.95. The first-order valence-electron chi connectivity index (χ1n) is 6.01. The van der Waals surface area contributed by atoms with E-state index in [0.717, 1.165) is 4.90 Å². The third kappa shape index (κ3) is 1.68. The maximum Gasteiger partial charge on any atom is 0.266 e. The fourth-order valence-electron chi connectivity index (χ4n) is 2.26. The molecule has 3 rings (SSSR count). The lowest BCUT2D eigenvalue weighted by atomic mass is 10.1. The van der Waals surface area contributed by atoms with Gasteiger partial charge in [0.25, 0.3) is 11.8 Å². The summed E-state index contributed by atoms with van der Waals surface area (Å²) in [6.45, 7) is 0. The maximum atomic E-state index is 12.4. The second-order valence-corrected chi connectivity index (χ2v) is 4.27. The zero-order valence-corrected chi connectivity index (χ0v) is 10.4. The molecule has 20 heavy (non-hydrogen) atoms. The van der Waals surface area contributed by atoms with Crippen LogP contribution in [0.5, 0.6) is 0 Å². The van der Waals surface area contributed by atoms with Crippen molar-refractivity contribution in [2.45, 2.75) is 0 Å². The molecule has 0 fully saturated rings. The molecule has 2 aromatic carbocycles. The molecule has 0 unspecified atom stereocenters. The molecule has 98 valence electrons. The summed E-state index contributed by atoms with van der Waals surface area (Å²) in [5, 5.41) is 2.49. The zero-order chi connectivity index (χ0) is 14.1. The predicted octanol–water partition coefficient (Wildman–Crippen LogP) is 2.06. The minimum atomic E-state index is -0.384. The summed E-state index contributed by atoms with van der Waals surface area (Å²) in [7, 11) is 0. The van der Waals surface area contributed by atoms with Gasteiger partial charge in [-0.05, 0) is 24.3 Å². The van der Waals surface area contributed by atoms with Crippen molar-refractivity contribution in [2.75, 3.05) is 10.2 Å². The summed E-state index contributed by atoms with van der Waals surface area (Å²) in [4.78, 5) is 36.4. The first-order valence-corrected chi connectivity index (χ1v) is 6.01. The van der Waals surface area contributed by atoms with Crippen molar-refractivity contribution >= 4 is 29.6 Å². The van der Waals surface area contributed by atoms with Crippen molar-refractivity contribution in [2.24, 2.45) is 0 Å². The Balaban J connectivity index is 2.12. The van der Waals surface area contributed by atoms with Gasteiger partial charge in [-0.3, -0.25) is 14.4 Å². The molecule has 0 atom stereocenters. The van der Waals surface area contributed by atoms with Gasteiger partial charge in [0, 0.05) is 0 Å². The highest BCUT2D eigenvalue weighted by molar-refractivity contribution is 6.35. The minimum absolute atomic E-state index is 0.366. The molecule has 0 aliphatic carbocycles. The van der Waals surface area contributed by atoms with Crippen molar-refractivity contribution in [3.05, 3.63) is 59.7 Å². The first kappa shape index (κ1) is 12.1. The molecule has 1 N–H and O–H groups in total. The molecule has 0 radical (unpaired) electrons. The van der Waals surface area contributed by atoms with Crippen LogP contribution in [0.25, 0.3) is 0 Å². The Labute approximate surface area is 114 Å². The molecule has 1 aliphatic rings. The molecule has 5 nitrogen and oxygen atoms in total. The van der Waals surface area contributed by atoms with E-state index in [2.05, 4.69) is 5.32 Å². The number of fused-ring (bicyclic) bond motifs is 1. The van der Waals surface area contributed by atoms with Crippen LogP contribution < -0.4 is 10.2 Å². The summed E-state index contributed by atoms with van der Waals surface area (Å²) in [5.41, 5.74) is 1.53. The third-order valence-corrected chi connectivity index (χ3v) is 3.15. The van der Waals surface area contributed by atoms with Crippen LogP contribution in [0.2, 0.25) is 0 Å². The number of hydrogen-bond donors (Lipinski definition) is 1. The maximum absolute atomic E-state index is 12.4. The number of hydrogen-bond acceptors (Lipinski definition) is 3. The lowest BCUT2D eigenvalue weighted by Crippen LogP contribution is -2.30. The number of nitrogens with one attached hydrogen (secondary N) is 1. The number of rotatable bonds is 3. The highest BCUT2D eigenvalue weighted by Crippen LogP contribution is 2.32. The van der Waals surface area contributed by atoms with Crippen molar-refractivity contribution in [1.82, 2.24) is 0 Å². The lowest BCUT2D eigenvalue weighted by Gasteiger charge is -2.17. The summed E-state index contributed by atoms with van der Waals surface area (Å²) in [6, 6.07) is 13.3. The van der Waals surface area contributed by atoms with Crippen LogP contribution >= 0.6 is 0 Å². The van der Waals surface area contributed by atoms with Crippen molar-refractivity contribution in [3.8, 4) is 0 Å². The van der Waals surface area contributed by atoms with Crippen LogP contribution in [-0.2, 0) is 4.79 Å². The fraction of sp³-hybridized carbons (Fsp3) is 0. The Morgan fingerprint density at radius 3 is 2.00 bits per heavy atom. The molecule has 1 heterocycles. The molecule has 3 amide bonds. The van der Waals surface area contributed by atoms with E-state index in [4.69, 9.17) is 0 Å². The highest BCUT2D eigenvalue weighted by Gasteiger charge is 2.37. The Morgan fingerprint density at radius 2 is 1.40 bits per heavy atom. The van der Waals surface area contributed by atoms with Gasteiger partial charge in [0.1, 0.15) is 0 Å². The quantitative estimate of drug-likeness (QED) is 0.683. The molecule has 0 saturated carbocycles. The summed E-state index contributed by atoms with van der Waals surface area (Å²) in [6.07, 6.45) is 0.511. The first-order chi connectivity index (χ1) is 9.74. The summed E-state index contributed by atoms with van der Waals surface area (Å²) >= 11 is 0. The predicted molar refractivity (Wildman–Crippen MR) is 73.7 cm³/mol. The average molecular weight is 266 g/mol. The monoisotopic (exact) mass is 266 g/mol. The third-order valence-electron chi connectivity index (χ3n) is 3.15. The number of amides is 3. The van der Waals surface area contributed by atoms with Crippen molar-refractivity contribution < 1.29 is 14.4 Å². The molecule has 0 bridgehead atoms. The number of carbonyl (C=O) groups is 3. The Bertz CT molecular complexity index is 690. The molecular weight excluding hydrogens is 256 g/mol. The van der Waals surface area contributed by atoms with Gasteiger partial charge < -0.3 is 5.32 Å². The van der Waals surface area contributed by atoms with Gasteiger partial charge in [0.15, 0.2) is 0 Å². The molecule has 1 aliphatic heterocycles. The molecular formula is C15H10N2O3. The number of imide groups is 1. The largest absolute Gasteiger partial charge is 0.327 e. The van der Waals surface area contributed by atoms with E-state index in [1.165, 1.54) is 0 Å². The topological polar surface area (TPSA) is 66.5 Å². The number of anilines is 2. The molecule has 0 spiro atoms. The van der Waals surface area contributed by atoms with Gasteiger partial charge in [0.2, 0.25) is 6.41 Å². The average Bonchev–Trinajstić information content (AvgIpc) is 2.73. The smallest absolute Gasteiger partial charge is 0.266 e. The molecule has 2 aromatic rings.